The smallest absolute Gasteiger partial charge is 0.251 e. The third-order valence-electron chi connectivity index (χ3n) is 6.00. The molecule has 0 radical (unpaired) electrons. The molecule has 0 unspecified atom stereocenters. The number of hydrogen-bond donors (Lipinski definition) is 2. The standard InChI is InChI=1S/C28H25N3O2S/c1-18-5-9-20(10-6-18)25-17-34-28(31-25)21-11-7-19(8-12-21)16-29-27(33)23-13-14-24-22(15-23)3-2-4-26(32)30-24/h5-15,17H,2-4,16H2,1H3,(H,29,33)(H,30,32). The van der Waals surface area contributed by atoms with Gasteiger partial charge in [0, 0.05) is 40.7 Å². The molecule has 1 aliphatic heterocycles. The SMILES string of the molecule is Cc1ccc(-c2csc(-c3ccc(CNC(=O)c4ccc5c(c4)CCCC(=O)N5)cc3)n2)cc1. The summed E-state index contributed by atoms with van der Waals surface area (Å²) < 4.78 is 0. The molecule has 0 saturated heterocycles. The van der Waals surface area contributed by atoms with Crippen molar-refractivity contribution in [1.29, 1.82) is 0 Å². The molecular weight excluding hydrogens is 442 g/mol. The Morgan fingerprint density at radius 3 is 2.56 bits per heavy atom. The van der Waals surface area contributed by atoms with Crippen molar-refractivity contribution in [2.24, 2.45) is 0 Å². The number of nitrogens with one attached hydrogen (secondary N) is 2. The van der Waals surface area contributed by atoms with Gasteiger partial charge in [-0.1, -0.05) is 54.1 Å². The number of aromatic nitrogens is 1. The molecule has 3 aromatic carbocycles. The van der Waals surface area contributed by atoms with E-state index in [2.05, 4.69) is 47.2 Å². The van der Waals surface area contributed by atoms with E-state index in [1.165, 1.54) is 5.56 Å². The van der Waals surface area contributed by atoms with Gasteiger partial charge in [-0.15, -0.1) is 11.3 Å². The summed E-state index contributed by atoms with van der Waals surface area (Å²) in [5.74, 6) is -0.0892. The van der Waals surface area contributed by atoms with Crippen molar-refractivity contribution in [2.75, 3.05) is 5.32 Å². The third kappa shape index (κ3) is 4.92. The number of amides is 2. The fourth-order valence-electron chi connectivity index (χ4n) is 4.03. The van der Waals surface area contributed by atoms with E-state index in [1.807, 2.05) is 36.4 Å². The minimum atomic E-state index is -0.120. The van der Waals surface area contributed by atoms with Crippen LogP contribution in [-0.4, -0.2) is 16.8 Å². The molecule has 2 amide bonds. The number of hydrogen-bond acceptors (Lipinski definition) is 4. The van der Waals surface area contributed by atoms with Gasteiger partial charge in [0.25, 0.3) is 5.91 Å². The molecule has 0 bridgehead atoms. The topological polar surface area (TPSA) is 71.1 Å². The van der Waals surface area contributed by atoms with E-state index in [0.29, 0.717) is 18.5 Å². The molecule has 0 saturated carbocycles. The van der Waals surface area contributed by atoms with Crippen molar-refractivity contribution < 1.29 is 9.59 Å². The van der Waals surface area contributed by atoms with Crippen molar-refractivity contribution in [2.45, 2.75) is 32.7 Å². The highest BCUT2D eigenvalue weighted by molar-refractivity contribution is 7.13. The second kappa shape index (κ2) is 9.61. The lowest BCUT2D eigenvalue weighted by Gasteiger charge is -2.10. The quantitative estimate of drug-likeness (QED) is 0.379. The summed E-state index contributed by atoms with van der Waals surface area (Å²) in [6, 6.07) is 22.0. The summed E-state index contributed by atoms with van der Waals surface area (Å²) in [6.45, 7) is 2.52. The van der Waals surface area contributed by atoms with E-state index < -0.39 is 0 Å². The first kappa shape index (κ1) is 22.0. The number of carbonyl (C=O) groups excluding carboxylic acids is 2. The van der Waals surface area contributed by atoms with Gasteiger partial charge in [-0.05, 0) is 49.1 Å². The predicted molar refractivity (Wildman–Crippen MR) is 137 cm³/mol. The molecule has 2 N–H and O–H groups in total. The normalized spacial score (nSPS) is 13.0. The predicted octanol–water partition coefficient (Wildman–Crippen LogP) is 5.99. The molecule has 1 aromatic heterocycles. The fourth-order valence-corrected chi connectivity index (χ4v) is 4.86. The number of rotatable bonds is 5. The van der Waals surface area contributed by atoms with Gasteiger partial charge in [-0.25, -0.2) is 4.98 Å². The van der Waals surface area contributed by atoms with E-state index in [1.54, 1.807) is 17.4 Å². The van der Waals surface area contributed by atoms with Gasteiger partial charge in [-0.3, -0.25) is 9.59 Å². The first-order valence-corrected chi connectivity index (χ1v) is 12.3. The average molecular weight is 468 g/mol. The average Bonchev–Trinajstić information content (AvgIpc) is 3.26. The summed E-state index contributed by atoms with van der Waals surface area (Å²) >= 11 is 1.63. The summed E-state index contributed by atoms with van der Waals surface area (Å²) in [4.78, 5) is 29.2. The zero-order valence-corrected chi connectivity index (χ0v) is 19.7. The molecule has 0 spiro atoms. The van der Waals surface area contributed by atoms with Crippen LogP contribution in [0.2, 0.25) is 0 Å². The van der Waals surface area contributed by atoms with E-state index >= 15 is 0 Å². The first-order chi connectivity index (χ1) is 16.5. The zero-order valence-electron chi connectivity index (χ0n) is 18.9. The van der Waals surface area contributed by atoms with E-state index in [0.717, 1.165) is 51.5 Å². The summed E-state index contributed by atoms with van der Waals surface area (Å²) in [6.07, 6.45) is 2.10. The van der Waals surface area contributed by atoms with Crippen LogP contribution in [0, 0.1) is 6.92 Å². The second-order valence-corrected chi connectivity index (χ2v) is 9.42. The molecule has 0 aliphatic carbocycles. The molecule has 1 aliphatic rings. The highest BCUT2D eigenvalue weighted by Crippen LogP contribution is 2.29. The Morgan fingerprint density at radius 2 is 1.76 bits per heavy atom. The minimum Gasteiger partial charge on any atom is -0.348 e. The lowest BCUT2D eigenvalue weighted by Crippen LogP contribution is -2.23. The van der Waals surface area contributed by atoms with Gasteiger partial charge in [0.15, 0.2) is 0 Å². The summed E-state index contributed by atoms with van der Waals surface area (Å²) in [5, 5.41) is 8.96. The van der Waals surface area contributed by atoms with Crippen LogP contribution >= 0.6 is 11.3 Å². The van der Waals surface area contributed by atoms with Crippen LogP contribution in [-0.2, 0) is 17.8 Å². The van der Waals surface area contributed by atoms with Crippen LogP contribution in [0.15, 0.2) is 72.1 Å². The number of aryl methyl sites for hydroxylation is 2. The Bertz CT molecular complexity index is 1340. The maximum absolute atomic E-state index is 12.7. The lowest BCUT2D eigenvalue weighted by molar-refractivity contribution is -0.116. The number of thiazole rings is 1. The number of anilines is 1. The number of fused-ring (bicyclic) bond motifs is 1. The summed E-state index contributed by atoms with van der Waals surface area (Å²) in [5.41, 5.74) is 7.85. The monoisotopic (exact) mass is 467 g/mol. The molecule has 2 heterocycles. The van der Waals surface area contributed by atoms with Crippen molar-refractivity contribution in [1.82, 2.24) is 10.3 Å². The molecule has 170 valence electrons. The van der Waals surface area contributed by atoms with Gasteiger partial charge in [0.2, 0.25) is 5.91 Å². The van der Waals surface area contributed by atoms with Crippen molar-refractivity contribution >= 4 is 28.8 Å². The molecule has 5 nitrogen and oxygen atoms in total. The molecule has 5 rings (SSSR count). The van der Waals surface area contributed by atoms with Crippen LogP contribution in [0.5, 0.6) is 0 Å². The molecule has 0 atom stereocenters. The van der Waals surface area contributed by atoms with Gasteiger partial charge >= 0.3 is 0 Å². The highest BCUT2D eigenvalue weighted by Gasteiger charge is 2.15. The fraction of sp³-hybridized carbons (Fsp3) is 0.179. The van der Waals surface area contributed by atoms with Crippen LogP contribution < -0.4 is 10.6 Å². The molecule has 0 fully saturated rings. The van der Waals surface area contributed by atoms with Crippen LogP contribution in [0.1, 0.15) is 39.9 Å². The van der Waals surface area contributed by atoms with Gasteiger partial charge < -0.3 is 10.6 Å². The number of nitrogens with zero attached hydrogens (tertiary/aromatic N) is 1. The zero-order chi connectivity index (χ0) is 23.5. The molecule has 4 aromatic rings. The number of carbonyl (C=O) groups is 2. The van der Waals surface area contributed by atoms with Crippen LogP contribution in [0.3, 0.4) is 0 Å². The summed E-state index contributed by atoms with van der Waals surface area (Å²) in [7, 11) is 0. The van der Waals surface area contributed by atoms with Crippen molar-refractivity contribution in [3.8, 4) is 21.8 Å². The Kier molecular flexibility index (Phi) is 6.23. The Labute approximate surface area is 202 Å². The highest BCUT2D eigenvalue weighted by atomic mass is 32.1. The van der Waals surface area contributed by atoms with Crippen LogP contribution in [0.4, 0.5) is 5.69 Å². The van der Waals surface area contributed by atoms with Gasteiger partial charge in [0.1, 0.15) is 5.01 Å². The first-order valence-electron chi connectivity index (χ1n) is 11.4. The second-order valence-electron chi connectivity index (χ2n) is 8.56. The molecule has 34 heavy (non-hydrogen) atoms. The van der Waals surface area contributed by atoms with Gasteiger partial charge in [-0.2, -0.15) is 0 Å². The van der Waals surface area contributed by atoms with E-state index in [-0.39, 0.29) is 11.8 Å². The number of benzene rings is 3. The Balaban J connectivity index is 1.22. The van der Waals surface area contributed by atoms with Crippen molar-refractivity contribution in [3.05, 3.63) is 94.4 Å². The lowest BCUT2D eigenvalue weighted by atomic mass is 10.0. The van der Waals surface area contributed by atoms with Crippen LogP contribution in [0.25, 0.3) is 21.8 Å². The molecular formula is C28H25N3O2S. The largest absolute Gasteiger partial charge is 0.348 e. The Morgan fingerprint density at radius 1 is 1.00 bits per heavy atom. The Hall–Kier alpha value is -3.77. The van der Waals surface area contributed by atoms with Crippen molar-refractivity contribution in [3.63, 3.8) is 0 Å². The maximum atomic E-state index is 12.7. The van der Waals surface area contributed by atoms with E-state index in [9.17, 15) is 9.59 Å². The minimum absolute atomic E-state index is 0.0310. The molecule has 6 heteroatoms. The van der Waals surface area contributed by atoms with Gasteiger partial charge in [0.05, 0.1) is 5.69 Å². The van der Waals surface area contributed by atoms with E-state index in [4.69, 9.17) is 4.98 Å². The third-order valence-corrected chi connectivity index (χ3v) is 6.89. The maximum Gasteiger partial charge on any atom is 0.251 e.